The Bertz CT molecular complexity index is 722. The normalized spacial score (nSPS) is 15.2. The van der Waals surface area contributed by atoms with E-state index in [0.29, 0.717) is 5.56 Å². The molecule has 3 unspecified atom stereocenters. The number of halogens is 3. The number of nitrogens with zero attached hydrogens (tertiary/aromatic N) is 1. The van der Waals surface area contributed by atoms with Crippen LogP contribution < -0.4 is 0 Å². The fraction of sp³-hybridized carbons (Fsp3) is 0.350. The molecular weight excluding hydrogens is 359 g/mol. The van der Waals surface area contributed by atoms with Crippen LogP contribution in [0.5, 0.6) is 0 Å². The van der Waals surface area contributed by atoms with E-state index < -0.39 is 36.9 Å². The van der Waals surface area contributed by atoms with Gasteiger partial charge >= 0.3 is 12.1 Å². The molecule has 27 heavy (non-hydrogen) atoms. The number of esters is 1. The number of benzene rings is 2. The van der Waals surface area contributed by atoms with Crippen molar-refractivity contribution in [3.05, 3.63) is 71.8 Å². The zero-order valence-electron chi connectivity index (χ0n) is 15.1. The first-order valence-corrected chi connectivity index (χ1v) is 8.48. The van der Waals surface area contributed by atoms with Gasteiger partial charge in [-0.25, -0.2) is 4.79 Å². The number of aliphatic hydroxyl groups is 1. The van der Waals surface area contributed by atoms with Crippen LogP contribution >= 0.6 is 0 Å². The molecule has 0 spiro atoms. The first-order chi connectivity index (χ1) is 12.7. The van der Waals surface area contributed by atoms with Crippen molar-refractivity contribution in [1.29, 1.82) is 0 Å². The summed E-state index contributed by atoms with van der Waals surface area (Å²) in [6.45, 7) is 1.54. The van der Waals surface area contributed by atoms with E-state index >= 15 is 0 Å². The van der Waals surface area contributed by atoms with Gasteiger partial charge in [0.15, 0.2) is 6.10 Å². The predicted octanol–water partition coefficient (Wildman–Crippen LogP) is 4.18. The van der Waals surface area contributed by atoms with Gasteiger partial charge in [-0.1, -0.05) is 48.5 Å². The van der Waals surface area contributed by atoms with Gasteiger partial charge in [0.25, 0.3) is 0 Å². The lowest BCUT2D eigenvalue weighted by molar-refractivity contribution is -0.210. The van der Waals surface area contributed by atoms with Crippen LogP contribution in [0.25, 0.3) is 0 Å². The lowest BCUT2D eigenvalue weighted by atomic mass is 10.1. The van der Waals surface area contributed by atoms with Gasteiger partial charge in [-0.2, -0.15) is 13.2 Å². The number of rotatable bonds is 7. The van der Waals surface area contributed by atoms with E-state index in [9.17, 15) is 23.1 Å². The molecule has 2 aromatic carbocycles. The van der Waals surface area contributed by atoms with Gasteiger partial charge in [0.1, 0.15) is 6.23 Å². The lowest BCUT2D eigenvalue weighted by Gasteiger charge is -2.32. The molecule has 0 heterocycles. The highest BCUT2D eigenvalue weighted by Crippen LogP contribution is 2.30. The molecule has 0 saturated carbocycles. The Balaban J connectivity index is 2.07. The Morgan fingerprint density at radius 1 is 1.07 bits per heavy atom. The number of carbonyl (C=O) groups excluding carboxylic acids is 1. The van der Waals surface area contributed by atoms with Crippen molar-refractivity contribution >= 4 is 5.97 Å². The molecule has 0 fully saturated rings. The highest BCUT2D eigenvalue weighted by molar-refractivity contribution is 5.89. The highest BCUT2D eigenvalue weighted by Gasteiger charge is 2.44. The first kappa shape index (κ1) is 20.9. The Hall–Kier alpha value is -2.38. The standard InChI is InChI=1S/C20H22F3NO3/c1-14(24(2)18(25)15-9-5-3-6-10-15)13-17(20(21,22)23)27-19(26)16-11-7-4-8-12-16/h3-12,14,17-18,25H,13H2,1-2H3. The van der Waals surface area contributed by atoms with Crippen molar-refractivity contribution in [2.45, 2.75) is 37.9 Å². The minimum Gasteiger partial charge on any atom is -0.449 e. The van der Waals surface area contributed by atoms with Gasteiger partial charge in [-0.15, -0.1) is 0 Å². The Morgan fingerprint density at radius 3 is 2.11 bits per heavy atom. The van der Waals surface area contributed by atoms with E-state index in [2.05, 4.69) is 0 Å². The summed E-state index contributed by atoms with van der Waals surface area (Å²) in [6, 6.07) is 15.5. The van der Waals surface area contributed by atoms with Crippen LogP contribution in [0.15, 0.2) is 60.7 Å². The van der Waals surface area contributed by atoms with Crippen molar-refractivity contribution in [1.82, 2.24) is 4.90 Å². The van der Waals surface area contributed by atoms with Crippen LogP contribution in [-0.4, -0.2) is 41.3 Å². The van der Waals surface area contributed by atoms with Gasteiger partial charge in [0, 0.05) is 12.5 Å². The molecule has 146 valence electrons. The molecule has 0 bridgehead atoms. The molecule has 0 aliphatic carbocycles. The number of hydrogen-bond acceptors (Lipinski definition) is 4. The quantitative estimate of drug-likeness (QED) is 0.578. The van der Waals surface area contributed by atoms with E-state index in [0.717, 1.165) is 0 Å². The second kappa shape index (κ2) is 9.01. The fourth-order valence-electron chi connectivity index (χ4n) is 2.60. The summed E-state index contributed by atoms with van der Waals surface area (Å²) in [4.78, 5) is 13.4. The third-order valence-electron chi connectivity index (χ3n) is 4.36. The summed E-state index contributed by atoms with van der Waals surface area (Å²) in [5, 5.41) is 10.4. The molecule has 0 saturated heterocycles. The Labute approximate surface area is 156 Å². The molecule has 1 N–H and O–H groups in total. The van der Waals surface area contributed by atoms with E-state index in [4.69, 9.17) is 4.74 Å². The number of carbonyl (C=O) groups is 1. The Morgan fingerprint density at radius 2 is 1.59 bits per heavy atom. The van der Waals surface area contributed by atoms with E-state index in [-0.39, 0.29) is 5.56 Å². The second-order valence-corrected chi connectivity index (χ2v) is 6.34. The van der Waals surface area contributed by atoms with Crippen LogP contribution in [-0.2, 0) is 4.74 Å². The molecule has 0 aromatic heterocycles. The summed E-state index contributed by atoms with van der Waals surface area (Å²) in [5.41, 5.74) is 0.619. The molecule has 0 aliphatic rings. The van der Waals surface area contributed by atoms with E-state index in [1.165, 1.54) is 24.1 Å². The van der Waals surface area contributed by atoms with Crippen molar-refractivity contribution in [2.75, 3.05) is 7.05 Å². The summed E-state index contributed by atoms with van der Waals surface area (Å²) in [5.74, 6) is -1.03. The number of alkyl halides is 3. The molecular formula is C20H22F3NO3. The van der Waals surface area contributed by atoms with Crippen molar-refractivity contribution in [3.8, 4) is 0 Å². The van der Waals surface area contributed by atoms with Crippen molar-refractivity contribution < 1.29 is 27.8 Å². The largest absolute Gasteiger partial charge is 0.449 e. The van der Waals surface area contributed by atoms with E-state index in [1.54, 1.807) is 55.5 Å². The zero-order valence-corrected chi connectivity index (χ0v) is 15.1. The van der Waals surface area contributed by atoms with Gasteiger partial charge in [-0.05, 0) is 31.7 Å². The third kappa shape index (κ3) is 5.80. The molecule has 3 atom stereocenters. The molecule has 2 aromatic rings. The third-order valence-corrected chi connectivity index (χ3v) is 4.36. The highest BCUT2D eigenvalue weighted by atomic mass is 19.4. The molecule has 0 amide bonds. The number of hydrogen-bond donors (Lipinski definition) is 1. The topological polar surface area (TPSA) is 49.8 Å². The summed E-state index contributed by atoms with van der Waals surface area (Å²) < 4.78 is 44.9. The monoisotopic (exact) mass is 381 g/mol. The van der Waals surface area contributed by atoms with Crippen LogP contribution in [0.2, 0.25) is 0 Å². The van der Waals surface area contributed by atoms with Gasteiger partial charge in [0.05, 0.1) is 5.56 Å². The van der Waals surface area contributed by atoms with Gasteiger partial charge < -0.3 is 9.84 Å². The van der Waals surface area contributed by atoms with Crippen molar-refractivity contribution in [3.63, 3.8) is 0 Å². The summed E-state index contributed by atoms with van der Waals surface area (Å²) in [6.07, 6.45) is -8.55. The van der Waals surface area contributed by atoms with E-state index in [1.807, 2.05) is 0 Å². The van der Waals surface area contributed by atoms with Crippen molar-refractivity contribution in [2.24, 2.45) is 0 Å². The molecule has 4 nitrogen and oxygen atoms in total. The molecule has 0 aliphatic heterocycles. The van der Waals surface area contributed by atoms with Crippen LogP contribution in [0, 0.1) is 0 Å². The summed E-state index contributed by atoms with van der Waals surface area (Å²) >= 11 is 0. The molecule has 0 radical (unpaired) electrons. The average Bonchev–Trinajstić information content (AvgIpc) is 2.66. The maximum absolute atomic E-state index is 13.4. The predicted molar refractivity (Wildman–Crippen MR) is 94.9 cm³/mol. The molecule has 2 rings (SSSR count). The van der Waals surface area contributed by atoms with Crippen LogP contribution in [0.1, 0.15) is 35.5 Å². The van der Waals surface area contributed by atoms with Gasteiger partial charge in [0.2, 0.25) is 0 Å². The first-order valence-electron chi connectivity index (χ1n) is 8.48. The van der Waals surface area contributed by atoms with Crippen LogP contribution in [0.3, 0.4) is 0 Å². The minimum atomic E-state index is -4.71. The smallest absolute Gasteiger partial charge is 0.425 e. The van der Waals surface area contributed by atoms with Gasteiger partial charge in [-0.3, -0.25) is 4.90 Å². The number of aliphatic hydroxyl groups excluding tert-OH is 1. The lowest BCUT2D eigenvalue weighted by Crippen LogP contribution is -2.42. The fourth-order valence-corrected chi connectivity index (χ4v) is 2.60. The minimum absolute atomic E-state index is 0.0528. The number of ether oxygens (including phenoxy) is 1. The average molecular weight is 381 g/mol. The summed E-state index contributed by atoms with van der Waals surface area (Å²) in [7, 11) is 1.52. The zero-order chi connectivity index (χ0) is 20.0. The second-order valence-electron chi connectivity index (χ2n) is 6.34. The molecule has 7 heteroatoms. The maximum Gasteiger partial charge on any atom is 0.425 e. The SMILES string of the molecule is CC(CC(OC(=O)c1ccccc1)C(F)(F)F)N(C)C(O)c1ccccc1. The Kier molecular flexibility index (Phi) is 6.98. The van der Waals surface area contributed by atoms with Crippen LogP contribution in [0.4, 0.5) is 13.2 Å². The maximum atomic E-state index is 13.4.